The van der Waals surface area contributed by atoms with E-state index >= 15 is 0 Å². The summed E-state index contributed by atoms with van der Waals surface area (Å²) in [4.78, 5) is 16.5. The highest BCUT2D eigenvalue weighted by molar-refractivity contribution is 7.15. The molecule has 2 rings (SSSR count). The Bertz CT molecular complexity index is 645. The normalized spacial score (nSPS) is 10.4. The SMILES string of the molecule is CCOC(=O)c1nc(Nc2cccc(Cl)c2F)sc1C. The van der Waals surface area contributed by atoms with Gasteiger partial charge in [0.25, 0.3) is 0 Å². The van der Waals surface area contributed by atoms with E-state index in [2.05, 4.69) is 10.3 Å². The largest absolute Gasteiger partial charge is 0.461 e. The molecule has 0 spiro atoms. The molecular formula is C13H12ClFN2O2S. The van der Waals surface area contributed by atoms with Crippen molar-refractivity contribution in [3.63, 3.8) is 0 Å². The summed E-state index contributed by atoms with van der Waals surface area (Å²) in [6, 6.07) is 4.63. The first-order valence-electron chi connectivity index (χ1n) is 5.88. The fourth-order valence-electron chi connectivity index (χ4n) is 1.55. The average Bonchev–Trinajstić information content (AvgIpc) is 2.76. The summed E-state index contributed by atoms with van der Waals surface area (Å²) in [5, 5.41) is 3.24. The van der Waals surface area contributed by atoms with Gasteiger partial charge in [0.2, 0.25) is 0 Å². The summed E-state index contributed by atoms with van der Waals surface area (Å²) in [6.45, 7) is 3.75. The minimum atomic E-state index is -0.556. The smallest absolute Gasteiger partial charge is 0.358 e. The van der Waals surface area contributed by atoms with Crippen molar-refractivity contribution < 1.29 is 13.9 Å². The first-order chi connectivity index (χ1) is 9.52. The molecule has 4 nitrogen and oxygen atoms in total. The molecule has 7 heteroatoms. The number of esters is 1. The highest BCUT2D eigenvalue weighted by Gasteiger charge is 2.17. The zero-order valence-corrected chi connectivity index (χ0v) is 12.4. The number of nitrogens with zero attached hydrogens (tertiary/aromatic N) is 1. The van der Waals surface area contributed by atoms with Crippen LogP contribution in [0.5, 0.6) is 0 Å². The van der Waals surface area contributed by atoms with Crippen LogP contribution in [-0.4, -0.2) is 17.6 Å². The molecule has 106 valence electrons. The third-order valence-corrected chi connectivity index (χ3v) is 3.64. The molecule has 0 aliphatic carbocycles. The highest BCUT2D eigenvalue weighted by Crippen LogP contribution is 2.29. The van der Waals surface area contributed by atoms with Gasteiger partial charge in [0.1, 0.15) is 0 Å². The van der Waals surface area contributed by atoms with Crippen molar-refractivity contribution in [1.29, 1.82) is 0 Å². The quantitative estimate of drug-likeness (QED) is 0.861. The number of ether oxygens (including phenoxy) is 1. The van der Waals surface area contributed by atoms with Crippen LogP contribution in [0.25, 0.3) is 0 Å². The number of nitrogens with one attached hydrogen (secondary N) is 1. The van der Waals surface area contributed by atoms with Crippen molar-refractivity contribution in [3.05, 3.63) is 39.6 Å². The molecule has 0 saturated heterocycles. The maximum absolute atomic E-state index is 13.8. The van der Waals surface area contributed by atoms with Crippen LogP contribution >= 0.6 is 22.9 Å². The van der Waals surface area contributed by atoms with Gasteiger partial charge in [-0.3, -0.25) is 0 Å². The third-order valence-electron chi connectivity index (χ3n) is 2.46. The van der Waals surface area contributed by atoms with E-state index in [9.17, 15) is 9.18 Å². The summed E-state index contributed by atoms with van der Waals surface area (Å²) >= 11 is 6.95. The van der Waals surface area contributed by atoms with Gasteiger partial charge < -0.3 is 10.1 Å². The van der Waals surface area contributed by atoms with Crippen molar-refractivity contribution >= 4 is 39.7 Å². The number of rotatable bonds is 4. The molecule has 1 aromatic carbocycles. The van der Waals surface area contributed by atoms with Crippen molar-refractivity contribution in [3.8, 4) is 0 Å². The second kappa shape index (κ2) is 6.19. The number of benzene rings is 1. The molecule has 0 fully saturated rings. The van der Waals surface area contributed by atoms with E-state index in [1.807, 2.05) is 0 Å². The van der Waals surface area contributed by atoms with Crippen molar-refractivity contribution in [2.75, 3.05) is 11.9 Å². The van der Waals surface area contributed by atoms with Gasteiger partial charge in [0.15, 0.2) is 16.6 Å². The number of thiazole rings is 1. The Morgan fingerprint density at radius 2 is 2.30 bits per heavy atom. The van der Waals surface area contributed by atoms with Gasteiger partial charge in [-0.15, -0.1) is 11.3 Å². The Labute approximate surface area is 124 Å². The first-order valence-corrected chi connectivity index (χ1v) is 7.08. The lowest BCUT2D eigenvalue weighted by Gasteiger charge is -2.04. The molecule has 1 heterocycles. The summed E-state index contributed by atoms with van der Waals surface area (Å²) < 4.78 is 18.7. The van der Waals surface area contributed by atoms with Crippen molar-refractivity contribution in [2.24, 2.45) is 0 Å². The Morgan fingerprint density at radius 1 is 1.55 bits per heavy atom. The van der Waals surface area contributed by atoms with Gasteiger partial charge in [0.05, 0.1) is 17.3 Å². The maximum atomic E-state index is 13.8. The molecule has 1 aromatic heterocycles. The number of hydrogen-bond donors (Lipinski definition) is 1. The lowest BCUT2D eigenvalue weighted by atomic mass is 10.3. The lowest BCUT2D eigenvalue weighted by molar-refractivity contribution is 0.0519. The number of anilines is 2. The Morgan fingerprint density at radius 3 is 3.00 bits per heavy atom. The second-order valence-electron chi connectivity index (χ2n) is 3.87. The number of aromatic nitrogens is 1. The number of aryl methyl sites for hydroxylation is 1. The van der Waals surface area contributed by atoms with Gasteiger partial charge in [-0.25, -0.2) is 14.2 Å². The minimum Gasteiger partial charge on any atom is -0.461 e. The monoisotopic (exact) mass is 314 g/mol. The van der Waals surface area contributed by atoms with Gasteiger partial charge in [-0.05, 0) is 26.0 Å². The Kier molecular flexibility index (Phi) is 4.57. The van der Waals surface area contributed by atoms with Crippen molar-refractivity contribution in [2.45, 2.75) is 13.8 Å². The van der Waals surface area contributed by atoms with Crippen LogP contribution in [0, 0.1) is 12.7 Å². The van der Waals surface area contributed by atoms with Gasteiger partial charge in [-0.1, -0.05) is 17.7 Å². The van der Waals surface area contributed by atoms with E-state index in [0.717, 1.165) is 0 Å². The average molecular weight is 315 g/mol. The molecule has 0 atom stereocenters. The molecule has 0 amide bonds. The molecule has 0 unspecified atom stereocenters. The van der Waals surface area contributed by atoms with Gasteiger partial charge in [-0.2, -0.15) is 0 Å². The van der Waals surface area contributed by atoms with E-state index in [1.165, 1.54) is 17.4 Å². The number of carbonyl (C=O) groups excluding carboxylic acids is 1. The molecule has 0 aliphatic rings. The first kappa shape index (κ1) is 14.7. The van der Waals surface area contributed by atoms with E-state index in [1.54, 1.807) is 26.0 Å². The van der Waals surface area contributed by atoms with Crippen LogP contribution < -0.4 is 5.32 Å². The topological polar surface area (TPSA) is 51.2 Å². The minimum absolute atomic E-state index is 0.0221. The molecular weight excluding hydrogens is 303 g/mol. The molecule has 0 aliphatic heterocycles. The van der Waals surface area contributed by atoms with E-state index in [0.29, 0.717) is 10.0 Å². The fourth-order valence-corrected chi connectivity index (χ4v) is 2.54. The van der Waals surface area contributed by atoms with Crippen molar-refractivity contribution in [1.82, 2.24) is 4.98 Å². The summed E-state index contributed by atoms with van der Waals surface area (Å²) in [6.07, 6.45) is 0. The molecule has 1 N–H and O–H groups in total. The standard InChI is InChI=1S/C13H12ClFN2O2S/c1-3-19-12(18)11-7(2)20-13(17-11)16-9-6-4-5-8(14)10(9)15/h4-6H,3H2,1-2H3,(H,16,17). The molecule has 20 heavy (non-hydrogen) atoms. The predicted octanol–water partition coefficient (Wildman–Crippen LogP) is 4.16. The molecule has 2 aromatic rings. The van der Waals surface area contributed by atoms with Crippen LogP contribution in [0.4, 0.5) is 15.2 Å². The summed E-state index contributed by atoms with van der Waals surface area (Å²) in [5.41, 5.74) is 0.448. The maximum Gasteiger partial charge on any atom is 0.358 e. The summed E-state index contributed by atoms with van der Waals surface area (Å²) in [5.74, 6) is -1.04. The number of halogens is 2. The van der Waals surface area contributed by atoms with Crippen LogP contribution in [0.3, 0.4) is 0 Å². The highest BCUT2D eigenvalue weighted by atomic mass is 35.5. The number of carbonyl (C=O) groups is 1. The second-order valence-corrected chi connectivity index (χ2v) is 5.48. The molecule has 0 radical (unpaired) electrons. The predicted molar refractivity (Wildman–Crippen MR) is 77.5 cm³/mol. The Balaban J connectivity index is 2.25. The fraction of sp³-hybridized carbons (Fsp3) is 0.231. The van der Waals surface area contributed by atoms with Gasteiger partial charge >= 0.3 is 5.97 Å². The van der Waals surface area contributed by atoms with Gasteiger partial charge in [0, 0.05) is 4.88 Å². The van der Waals surface area contributed by atoms with Crippen LogP contribution in [0.15, 0.2) is 18.2 Å². The molecule has 0 saturated carbocycles. The van der Waals surface area contributed by atoms with E-state index < -0.39 is 11.8 Å². The zero-order valence-electron chi connectivity index (χ0n) is 10.9. The zero-order chi connectivity index (χ0) is 14.7. The summed E-state index contributed by atoms with van der Waals surface area (Å²) in [7, 11) is 0. The van der Waals surface area contributed by atoms with Crippen LogP contribution in [0.1, 0.15) is 22.3 Å². The Hall–Kier alpha value is -1.66. The van der Waals surface area contributed by atoms with E-state index in [4.69, 9.17) is 16.3 Å². The number of hydrogen-bond acceptors (Lipinski definition) is 5. The van der Waals surface area contributed by atoms with Crippen LogP contribution in [-0.2, 0) is 4.74 Å². The third kappa shape index (κ3) is 3.08. The van der Waals surface area contributed by atoms with Crippen LogP contribution in [0.2, 0.25) is 5.02 Å². The lowest BCUT2D eigenvalue weighted by Crippen LogP contribution is -2.06. The molecule has 0 bridgehead atoms. The van der Waals surface area contributed by atoms with E-state index in [-0.39, 0.29) is 23.0 Å².